The molecule has 1 aliphatic rings. The van der Waals surface area contributed by atoms with Gasteiger partial charge >= 0.3 is 5.97 Å². The number of carboxylic acids is 1. The Morgan fingerprint density at radius 2 is 2.44 bits per heavy atom. The summed E-state index contributed by atoms with van der Waals surface area (Å²) < 4.78 is 4.95. The summed E-state index contributed by atoms with van der Waals surface area (Å²) in [7, 11) is 0. The maximum Gasteiger partial charge on any atom is 0.326 e. The Morgan fingerprint density at radius 3 is 3.06 bits per heavy atom. The lowest BCUT2D eigenvalue weighted by atomic mass is 10.2. The standard InChI is InChI=1S/C10H12N2O4/c13-9(6-8-11-3-5-16-8)12-4-1-2-7(12)10(14)15/h3,5,7H,1-2,4,6H2,(H,14,15)/t7-/m0/s1. The molecule has 0 saturated carbocycles. The normalized spacial score (nSPS) is 20.0. The molecule has 1 N–H and O–H groups in total. The van der Waals surface area contributed by atoms with E-state index >= 15 is 0 Å². The van der Waals surface area contributed by atoms with Gasteiger partial charge in [0, 0.05) is 6.54 Å². The molecule has 1 aromatic heterocycles. The maximum absolute atomic E-state index is 11.8. The average molecular weight is 224 g/mol. The number of oxazole rings is 1. The predicted molar refractivity (Wildman–Crippen MR) is 52.6 cm³/mol. The topological polar surface area (TPSA) is 83.6 Å². The van der Waals surface area contributed by atoms with Crippen LogP contribution < -0.4 is 0 Å². The van der Waals surface area contributed by atoms with Crippen molar-refractivity contribution in [3.63, 3.8) is 0 Å². The van der Waals surface area contributed by atoms with Crippen LogP contribution in [0.25, 0.3) is 0 Å². The molecule has 2 rings (SSSR count). The minimum absolute atomic E-state index is 0.0246. The van der Waals surface area contributed by atoms with Gasteiger partial charge in [-0.3, -0.25) is 4.79 Å². The molecule has 0 aliphatic carbocycles. The molecule has 6 nitrogen and oxygen atoms in total. The van der Waals surface area contributed by atoms with Gasteiger partial charge < -0.3 is 14.4 Å². The van der Waals surface area contributed by atoms with Crippen LogP contribution in [0.5, 0.6) is 0 Å². The summed E-state index contributed by atoms with van der Waals surface area (Å²) in [4.78, 5) is 27.9. The molecule has 1 fully saturated rings. The number of likely N-dealkylation sites (tertiary alicyclic amines) is 1. The third-order valence-electron chi connectivity index (χ3n) is 2.64. The number of hydrogen-bond acceptors (Lipinski definition) is 4. The van der Waals surface area contributed by atoms with Gasteiger partial charge in [-0.2, -0.15) is 0 Å². The lowest BCUT2D eigenvalue weighted by Gasteiger charge is -2.20. The number of hydrogen-bond donors (Lipinski definition) is 1. The fourth-order valence-electron chi connectivity index (χ4n) is 1.89. The second-order valence-electron chi connectivity index (χ2n) is 3.69. The van der Waals surface area contributed by atoms with Gasteiger partial charge in [-0.05, 0) is 12.8 Å². The molecular formula is C10H12N2O4. The lowest BCUT2D eigenvalue weighted by Crippen LogP contribution is -2.41. The molecule has 1 amide bonds. The molecular weight excluding hydrogens is 212 g/mol. The van der Waals surface area contributed by atoms with Crippen LogP contribution in [0.15, 0.2) is 16.9 Å². The molecule has 1 atom stereocenters. The first kappa shape index (κ1) is 10.7. The van der Waals surface area contributed by atoms with E-state index in [0.717, 1.165) is 6.42 Å². The second-order valence-corrected chi connectivity index (χ2v) is 3.69. The summed E-state index contributed by atoms with van der Waals surface area (Å²) in [6, 6.07) is -0.692. The van der Waals surface area contributed by atoms with E-state index in [9.17, 15) is 9.59 Å². The molecule has 1 saturated heterocycles. The zero-order valence-corrected chi connectivity index (χ0v) is 8.63. The summed E-state index contributed by atoms with van der Waals surface area (Å²) in [5.41, 5.74) is 0. The van der Waals surface area contributed by atoms with Crippen LogP contribution in [0.3, 0.4) is 0 Å². The van der Waals surface area contributed by atoms with Gasteiger partial charge in [0.15, 0.2) is 0 Å². The molecule has 1 aliphatic heterocycles. The van der Waals surface area contributed by atoms with Crippen molar-refractivity contribution in [3.8, 4) is 0 Å². The number of amides is 1. The fourth-order valence-corrected chi connectivity index (χ4v) is 1.89. The van der Waals surface area contributed by atoms with Gasteiger partial charge in [-0.25, -0.2) is 9.78 Å². The SMILES string of the molecule is O=C(O)[C@@H]1CCCN1C(=O)Cc1ncco1. The molecule has 1 aromatic rings. The van der Waals surface area contributed by atoms with E-state index in [4.69, 9.17) is 9.52 Å². The molecule has 16 heavy (non-hydrogen) atoms. The Morgan fingerprint density at radius 1 is 1.62 bits per heavy atom. The Kier molecular flexibility index (Phi) is 2.89. The summed E-state index contributed by atoms with van der Waals surface area (Å²) in [6.45, 7) is 0.497. The Bertz CT molecular complexity index is 388. The number of rotatable bonds is 3. The van der Waals surface area contributed by atoms with E-state index in [2.05, 4.69) is 4.98 Å². The second kappa shape index (κ2) is 4.34. The number of carbonyl (C=O) groups excluding carboxylic acids is 1. The van der Waals surface area contributed by atoms with Gasteiger partial charge in [-0.15, -0.1) is 0 Å². The van der Waals surface area contributed by atoms with E-state index in [0.29, 0.717) is 18.9 Å². The van der Waals surface area contributed by atoms with Gasteiger partial charge in [0.1, 0.15) is 18.7 Å². The molecule has 86 valence electrons. The van der Waals surface area contributed by atoms with Crippen molar-refractivity contribution in [2.75, 3.05) is 6.54 Å². The van der Waals surface area contributed by atoms with Crippen molar-refractivity contribution in [1.29, 1.82) is 0 Å². The number of carbonyl (C=O) groups is 2. The summed E-state index contributed by atoms with van der Waals surface area (Å²) in [5, 5.41) is 8.93. The minimum Gasteiger partial charge on any atom is -0.480 e. The summed E-state index contributed by atoms with van der Waals surface area (Å²) in [5.74, 6) is -0.869. The smallest absolute Gasteiger partial charge is 0.326 e. The number of aromatic nitrogens is 1. The minimum atomic E-state index is -0.946. The van der Waals surface area contributed by atoms with Crippen LogP contribution in [0, 0.1) is 0 Å². The van der Waals surface area contributed by atoms with E-state index in [1.165, 1.54) is 17.4 Å². The third-order valence-corrected chi connectivity index (χ3v) is 2.64. The molecule has 2 heterocycles. The van der Waals surface area contributed by atoms with Crippen molar-refractivity contribution in [2.45, 2.75) is 25.3 Å². The molecule has 0 aromatic carbocycles. The molecule has 0 bridgehead atoms. The zero-order chi connectivity index (χ0) is 11.5. The van der Waals surface area contributed by atoms with Crippen molar-refractivity contribution >= 4 is 11.9 Å². The van der Waals surface area contributed by atoms with Crippen LogP contribution in [0.1, 0.15) is 18.7 Å². The van der Waals surface area contributed by atoms with Gasteiger partial charge in [0.05, 0.1) is 6.20 Å². The molecule has 6 heteroatoms. The van der Waals surface area contributed by atoms with Crippen LogP contribution in [-0.2, 0) is 16.0 Å². The highest BCUT2D eigenvalue weighted by atomic mass is 16.4. The lowest BCUT2D eigenvalue weighted by molar-refractivity contribution is -0.148. The maximum atomic E-state index is 11.8. The number of nitrogens with zero attached hydrogens (tertiary/aromatic N) is 2. The first-order valence-electron chi connectivity index (χ1n) is 5.09. The largest absolute Gasteiger partial charge is 0.480 e. The highest BCUT2D eigenvalue weighted by Gasteiger charge is 2.34. The van der Waals surface area contributed by atoms with Crippen LogP contribution in [0.2, 0.25) is 0 Å². The van der Waals surface area contributed by atoms with Crippen molar-refractivity contribution in [3.05, 3.63) is 18.4 Å². The highest BCUT2D eigenvalue weighted by molar-refractivity contribution is 5.85. The number of carboxylic acid groups (broad SMARTS) is 1. The first-order chi connectivity index (χ1) is 7.68. The highest BCUT2D eigenvalue weighted by Crippen LogP contribution is 2.18. The van der Waals surface area contributed by atoms with Gasteiger partial charge in [0.2, 0.25) is 11.8 Å². The van der Waals surface area contributed by atoms with Crippen LogP contribution >= 0.6 is 0 Å². The summed E-state index contributed by atoms with van der Waals surface area (Å²) in [6.07, 6.45) is 4.13. The Hall–Kier alpha value is -1.85. The average Bonchev–Trinajstić information content (AvgIpc) is 2.86. The van der Waals surface area contributed by atoms with E-state index in [-0.39, 0.29) is 12.3 Å². The Labute approximate surface area is 91.9 Å². The summed E-state index contributed by atoms with van der Waals surface area (Å²) >= 11 is 0. The van der Waals surface area contributed by atoms with Gasteiger partial charge in [0.25, 0.3) is 0 Å². The predicted octanol–water partition coefficient (Wildman–Crippen LogP) is 0.293. The van der Waals surface area contributed by atoms with Gasteiger partial charge in [-0.1, -0.05) is 0 Å². The molecule has 0 spiro atoms. The number of aliphatic carboxylic acids is 1. The molecule has 0 radical (unpaired) electrons. The fraction of sp³-hybridized carbons (Fsp3) is 0.500. The van der Waals surface area contributed by atoms with Crippen molar-refractivity contribution in [1.82, 2.24) is 9.88 Å². The van der Waals surface area contributed by atoms with E-state index < -0.39 is 12.0 Å². The van der Waals surface area contributed by atoms with Crippen molar-refractivity contribution < 1.29 is 19.1 Å². The van der Waals surface area contributed by atoms with E-state index in [1.807, 2.05) is 0 Å². The van der Waals surface area contributed by atoms with Crippen LogP contribution in [-0.4, -0.2) is 39.5 Å². The zero-order valence-electron chi connectivity index (χ0n) is 8.63. The third kappa shape index (κ3) is 2.05. The quantitative estimate of drug-likeness (QED) is 0.797. The molecule has 0 unspecified atom stereocenters. The van der Waals surface area contributed by atoms with Crippen molar-refractivity contribution in [2.24, 2.45) is 0 Å². The Balaban J connectivity index is 2.01. The van der Waals surface area contributed by atoms with Crippen LogP contribution in [0.4, 0.5) is 0 Å². The van der Waals surface area contributed by atoms with E-state index in [1.54, 1.807) is 0 Å². The first-order valence-corrected chi connectivity index (χ1v) is 5.09. The monoisotopic (exact) mass is 224 g/mol.